The molecule has 0 saturated carbocycles. The number of hydrogen-bond acceptors (Lipinski definition) is 6. The minimum atomic E-state index is -0.811. The van der Waals surface area contributed by atoms with Gasteiger partial charge >= 0.3 is 5.97 Å². The van der Waals surface area contributed by atoms with Crippen LogP contribution in [0, 0.1) is 13.8 Å². The van der Waals surface area contributed by atoms with Crippen LogP contribution in [-0.4, -0.2) is 45.6 Å². The summed E-state index contributed by atoms with van der Waals surface area (Å²) in [5, 5.41) is 10.0. The number of halogens is 1. The van der Waals surface area contributed by atoms with Gasteiger partial charge < -0.3 is 15.0 Å². The number of anilines is 2. The summed E-state index contributed by atoms with van der Waals surface area (Å²) in [4.78, 5) is 39.7. The number of H-pyrrole nitrogens is 1. The molecule has 0 radical (unpaired) electrons. The first kappa shape index (κ1) is 24.6. The number of nitrogens with zero attached hydrogens (tertiary/aromatic N) is 4. The van der Waals surface area contributed by atoms with E-state index in [-0.39, 0.29) is 22.8 Å². The molecule has 182 valence electrons. The standard InChI is InChI=1S/C26H28ClN5O3/c1-16-13-21-22(14-17(16)2)32(25-24(30-21)26(35)29-18(3)28-25)12-11-31(10-4-5-23(33)34)15-19-6-8-20(27)9-7-19/h6-9,13-14H,3-5,10-12,15H2,1-2H3,(H,29,35)(H,33,34). The Balaban J connectivity index is 1.66. The van der Waals surface area contributed by atoms with Gasteiger partial charge in [0.25, 0.3) is 5.56 Å². The molecule has 9 heteroatoms. The number of benzene rings is 2. The third-order valence-corrected chi connectivity index (χ3v) is 6.37. The lowest BCUT2D eigenvalue weighted by Crippen LogP contribution is -2.44. The highest BCUT2D eigenvalue weighted by atomic mass is 35.5. The van der Waals surface area contributed by atoms with E-state index in [1.54, 1.807) is 0 Å². The minimum absolute atomic E-state index is 0.103. The zero-order chi connectivity index (χ0) is 25.1. The minimum Gasteiger partial charge on any atom is -0.481 e. The van der Waals surface area contributed by atoms with E-state index in [9.17, 15) is 9.59 Å². The van der Waals surface area contributed by atoms with Gasteiger partial charge in [0.05, 0.1) is 11.4 Å². The van der Waals surface area contributed by atoms with Crippen LogP contribution in [0.5, 0.6) is 0 Å². The van der Waals surface area contributed by atoms with Crippen LogP contribution in [0.3, 0.4) is 0 Å². The van der Waals surface area contributed by atoms with Gasteiger partial charge in [0.1, 0.15) is 5.48 Å². The van der Waals surface area contributed by atoms with Crippen LogP contribution in [0.1, 0.15) is 29.5 Å². The summed E-state index contributed by atoms with van der Waals surface area (Å²) in [6.45, 7) is 10.3. The van der Waals surface area contributed by atoms with Crippen molar-refractivity contribution in [3.8, 4) is 0 Å². The summed E-state index contributed by atoms with van der Waals surface area (Å²) in [6, 6.07) is 11.7. The quantitative estimate of drug-likeness (QED) is 0.474. The summed E-state index contributed by atoms with van der Waals surface area (Å²) in [6.07, 6.45) is 0.635. The summed E-state index contributed by atoms with van der Waals surface area (Å²) >= 11 is 6.04. The van der Waals surface area contributed by atoms with Crippen LogP contribution < -0.4 is 21.3 Å². The summed E-state index contributed by atoms with van der Waals surface area (Å²) in [5.74, 6) is -0.333. The van der Waals surface area contributed by atoms with Gasteiger partial charge in [0.2, 0.25) is 0 Å². The number of aliphatic carboxylic acids is 1. The second-order valence-corrected chi connectivity index (χ2v) is 9.21. The van der Waals surface area contributed by atoms with E-state index in [0.717, 1.165) is 28.1 Å². The molecule has 0 aliphatic carbocycles. The number of carbonyl (C=O) groups is 1. The first-order valence-electron chi connectivity index (χ1n) is 11.5. The second-order valence-electron chi connectivity index (χ2n) is 8.77. The zero-order valence-corrected chi connectivity index (χ0v) is 20.6. The Morgan fingerprint density at radius 2 is 1.89 bits per heavy atom. The monoisotopic (exact) mass is 493 g/mol. The molecule has 1 aliphatic rings. The lowest BCUT2D eigenvalue weighted by molar-refractivity contribution is -0.137. The third kappa shape index (κ3) is 5.78. The topological polar surface area (TPSA) is 102 Å². The fraction of sp³-hybridized carbons (Fsp3) is 0.308. The van der Waals surface area contributed by atoms with Gasteiger partial charge in [-0.2, -0.15) is 0 Å². The van der Waals surface area contributed by atoms with Crippen molar-refractivity contribution in [1.82, 2.24) is 14.9 Å². The van der Waals surface area contributed by atoms with Crippen molar-refractivity contribution in [2.45, 2.75) is 33.2 Å². The average molecular weight is 494 g/mol. The van der Waals surface area contributed by atoms with Gasteiger partial charge in [-0.05, 0) is 67.8 Å². The molecule has 0 saturated heterocycles. The Labute approximate surface area is 208 Å². The highest BCUT2D eigenvalue weighted by molar-refractivity contribution is 6.30. The number of nitrogens with one attached hydrogen (secondary N) is 1. The predicted molar refractivity (Wildman–Crippen MR) is 137 cm³/mol. The van der Waals surface area contributed by atoms with E-state index in [4.69, 9.17) is 16.7 Å². The van der Waals surface area contributed by atoms with E-state index >= 15 is 0 Å². The van der Waals surface area contributed by atoms with E-state index < -0.39 is 5.97 Å². The molecule has 0 atom stereocenters. The first-order chi connectivity index (χ1) is 16.7. The van der Waals surface area contributed by atoms with Crippen molar-refractivity contribution >= 4 is 41.3 Å². The Hall–Kier alpha value is -3.49. The van der Waals surface area contributed by atoms with Crippen molar-refractivity contribution in [2.24, 2.45) is 4.99 Å². The van der Waals surface area contributed by atoms with Gasteiger partial charge in [0, 0.05) is 31.1 Å². The molecule has 4 rings (SSSR count). The molecule has 0 unspecified atom stereocenters. The average Bonchev–Trinajstić information content (AvgIpc) is 2.79. The van der Waals surface area contributed by atoms with Crippen LogP contribution in [0.4, 0.5) is 17.2 Å². The molecule has 2 aromatic carbocycles. The van der Waals surface area contributed by atoms with E-state index in [0.29, 0.717) is 43.4 Å². The second kappa shape index (κ2) is 10.4. The van der Waals surface area contributed by atoms with E-state index in [1.807, 2.05) is 49.1 Å². The summed E-state index contributed by atoms with van der Waals surface area (Å²) < 4.78 is 0. The molecular formula is C26H28ClN5O3. The van der Waals surface area contributed by atoms with Gasteiger partial charge in [-0.3, -0.25) is 14.5 Å². The Morgan fingerprint density at radius 3 is 2.60 bits per heavy atom. The van der Waals surface area contributed by atoms with Gasteiger partial charge in [0.15, 0.2) is 11.2 Å². The van der Waals surface area contributed by atoms with Crippen molar-refractivity contribution in [3.63, 3.8) is 0 Å². The van der Waals surface area contributed by atoms with Gasteiger partial charge in [-0.25, -0.2) is 9.98 Å². The van der Waals surface area contributed by atoms with Crippen molar-refractivity contribution in [2.75, 3.05) is 24.5 Å². The Bertz CT molecular complexity index is 1420. The number of fused-ring (bicyclic) bond motifs is 2. The number of aryl methyl sites for hydroxylation is 2. The highest BCUT2D eigenvalue weighted by Gasteiger charge is 2.24. The van der Waals surface area contributed by atoms with E-state index in [1.165, 1.54) is 0 Å². The number of carboxylic acids is 1. The molecule has 35 heavy (non-hydrogen) atoms. The molecule has 3 aromatic rings. The van der Waals surface area contributed by atoms with E-state index in [2.05, 4.69) is 32.5 Å². The largest absolute Gasteiger partial charge is 0.481 e. The number of aromatic nitrogens is 2. The van der Waals surface area contributed by atoms with Crippen LogP contribution in [0.2, 0.25) is 5.02 Å². The number of hydrogen-bond donors (Lipinski definition) is 2. The van der Waals surface area contributed by atoms with Crippen molar-refractivity contribution in [3.05, 3.63) is 79.3 Å². The lowest BCUT2D eigenvalue weighted by atomic mass is 10.1. The molecule has 1 aromatic heterocycles. The number of aromatic amines is 1. The molecule has 0 amide bonds. The smallest absolute Gasteiger partial charge is 0.303 e. The van der Waals surface area contributed by atoms with Crippen LogP contribution in [-0.2, 0) is 11.3 Å². The van der Waals surface area contributed by atoms with Crippen LogP contribution >= 0.6 is 11.6 Å². The fourth-order valence-corrected chi connectivity index (χ4v) is 4.28. The fourth-order valence-electron chi connectivity index (χ4n) is 4.16. The van der Waals surface area contributed by atoms with Crippen LogP contribution in [0.15, 0.2) is 46.2 Å². The van der Waals surface area contributed by atoms with Gasteiger partial charge in [-0.1, -0.05) is 30.3 Å². The molecule has 2 N–H and O–H groups in total. The maximum absolute atomic E-state index is 12.7. The predicted octanol–water partition coefficient (Wildman–Crippen LogP) is 3.22. The molecule has 0 bridgehead atoms. The maximum Gasteiger partial charge on any atom is 0.303 e. The molecule has 8 nitrogen and oxygen atoms in total. The molecule has 1 aliphatic heterocycles. The molecule has 0 spiro atoms. The van der Waals surface area contributed by atoms with Crippen molar-refractivity contribution < 1.29 is 9.90 Å². The zero-order valence-electron chi connectivity index (χ0n) is 19.8. The highest BCUT2D eigenvalue weighted by Crippen LogP contribution is 2.36. The molecule has 0 fully saturated rings. The number of carboxylic acid groups (broad SMARTS) is 1. The molecular weight excluding hydrogens is 466 g/mol. The SMILES string of the molecule is C=c1nc2c(c(=O)[nH]1)=Nc1cc(C)c(C)cc1N2CCN(CCCC(=O)O)Cc1ccc(Cl)cc1. The Kier molecular flexibility index (Phi) is 7.33. The Morgan fingerprint density at radius 1 is 1.17 bits per heavy atom. The summed E-state index contributed by atoms with van der Waals surface area (Å²) in [5.41, 5.74) is 4.85. The van der Waals surface area contributed by atoms with Gasteiger partial charge in [-0.15, -0.1) is 0 Å². The molecule has 2 heterocycles. The van der Waals surface area contributed by atoms with Crippen molar-refractivity contribution in [1.29, 1.82) is 0 Å². The third-order valence-electron chi connectivity index (χ3n) is 6.12. The normalized spacial score (nSPS) is 12.3. The first-order valence-corrected chi connectivity index (χ1v) is 11.8. The maximum atomic E-state index is 12.7. The number of rotatable bonds is 9. The van der Waals surface area contributed by atoms with Crippen LogP contribution in [0.25, 0.3) is 6.58 Å². The lowest BCUT2D eigenvalue weighted by Gasteiger charge is -2.31. The summed E-state index contributed by atoms with van der Waals surface area (Å²) in [7, 11) is 0.